The second-order valence-electron chi connectivity index (χ2n) is 6.96. The van der Waals surface area contributed by atoms with Crippen LogP contribution in [0.25, 0.3) is 10.2 Å². The van der Waals surface area contributed by atoms with E-state index in [1.54, 1.807) is 30.1 Å². The Hall–Kier alpha value is -2.03. The zero-order valence-electron chi connectivity index (χ0n) is 16.1. The second-order valence-corrected chi connectivity index (χ2v) is 7.96. The summed E-state index contributed by atoms with van der Waals surface area (Å²) < 4.78 is 11.4. The molecule has 2 aromatic rings. The fraction of sp³-hybridized carbons (Fsp3) is 0.526. The maximum Gasteiger partial charge on any atom is 0.263 e. The first-order valence-electron chi connectivity index (χ1n) is 8.98. The first-order valence-corrected chi connectivity index (χ1v) is 9.80. The van der Waals surface area contributed by atoms with Crippen LogP contribution in [0.1, 0.15) is 35.2 Å². The maximum atomic E-state index is 12.7. The molecule has 8 heteroatoms. The fourth-order valence-electron chi connectivity index (χ4n) is 3.01. The summed E-state index contributed by atoms with van der Waals surface area (Å²) in [6.07, 6.45) is 1.36. The molecule has 2 amide bonds. The molecule has 1 saturated heterocycles. The summed E-state index contributed by atoms with van der Waals surface area (Å²) in [5, 5.41) is 0.908. The minimum atomic E-state index is -0.362. The summed E-state index contributed by atoms with van der Waals surface area (Å²) in [7, 11) is 3.45. The minimum Gasteiger partial charge on any atom is -0.370 e. The van der Waals surface area contributed by atoms with E-state index in [4.69, 9.17) is 9.47 Å². The average Bonchev–Trinajstić information content (AvgIpc) is 3.04. The number of hydrogen-bond donors (Lipinski definition) is 0. The summed E-state index contributed by atoms with van der Waals surface area (Å²) in [6.45, 7) is 5.20. The molecule has 0 unspecified atom stereocenters. The quantitative estimate of drug-likeness (QED) is 0.782. The minimum absolute atomic E-state index is 0.00185. The maximum absolute atomic E-state index is 12.7. The van der Waals surface area contributed by atoms with Crippen molar-refractivity contribution in [3.05, 3.63) is 28.8 Å². The van der Waals surface area contributed by atoms with E-state index in [1.807, 2.05) is 26.0 Å². The molecule has 0 bridgehead atoms. The Bertz CT molecular complexity index is 833. The standard InChI is InChI=1S/C19H25N3O4S/c1-12(2)26-11-15(23)22-8-9-25-14(10-22)16-13-6-5-7-20-18(13)27-17(16)19(24)21(3)4/h5-7,12,14H,8-11H2,1-4H3/t14-/m1/s1. The van der Waals surface area contributed by atoms with Crippen LogP contribution in [0.4, 0.5) is 0 Å². The number of carbonyl (C=O) groups excluding carboxylic acids is 2. The van der Waals surface area contributed by atoms with Crippen molar-refractivity contribution in [2.45, 2.75) is 26.1 Å². The molecule has 0 spiro atoms. The van der Waals surface area contributed by atoms with Gasteiger partial charge in [-0.2, -0.15) is 0 Å². The van der Waals surface area contributed by atoms with Gasteiger partial charge in [-0.3, -0.25) is 9.59 Å². The van der Waals surface area contributed by atoms with Crippen LogP contribution < -0.4 is 0 Å². The van der Waals surface area contributed by atoms with Gasteiger partial charge in [-0.05, 0) is 19.9 Å². The van der Waals surface area contributed by atoms with E-state index in [1.165, 1.54) is 11.3 Å². The van der Waals surface area contributed by atoms with Crippen LogP contribution in [0.3, 0.4) is 0 Å². The van der Waals surface area contributed by atoms with E-state index in [2.05, 4.69) is 4.98 Å². The van der Waals surface area contributed by atoms with Crippen molar-refractivity contribution in [3.63, 3.8) is 0 Å². The molecule has 0 aromatic carbocycles. The monoisotopic (exact) mass is 391 g/mol. The van der Waals surface area contributed by atoms with Crippen LogP contribution in [0.2, 0.25) is 0 Å². The van der Waals surface area contributed by atoms with E-state index in [9.17, 15) is 9.59 Å². The molecule has 0 radical (unpaired) electrons. The molecule has 146 valence electrons. The lowest BCUT2D eigenvalue weighted by molar-refractivity contribution is -0.145. The van der Waals surface area contributed by atoms with Gasteiger partial charge in [0.15, 0.2) is 0 Å². The zero-order valence-corrected chi connectivity index (χ0v) is 16.9. The first kappa shape index (κ1) is 19.7. The first-order chi connectivity index (χ1) is 12.9. The van der Waals surface area contributed by atoms with Gasteiger partial charge in [0.25, 0.3) is 5.91 Å². The lowest BCUT2D eigenvalue weighted by Crippen LogP contribution is -2.44. The molecule has 1 atom stereocenters. The zero-order chi connectivity index (χ0) is 19.6. The van der Waals surface area contributed by atoms with Crippen molar-refractivity contribution in [2.75, 3.05) is 40.4 Å². The highest BCUT2D eigenvalue weighted by atomic mass is 32.1. The largest absolute Gasteiger partial charge is 0.370 e. The molecule has 3 rings (SSSR count). The number of fused-ring (bicyclic) bond motifs is 1. The number of thiophene rings is 1. The van der Waals surface area contributed by atoms with Gasteiger partial charge in [0.1, 0.15) is 22.4 Å². The van der Waals surface area contributed by atoms with Crippen LogP contribution in [0.15, 0.2) is 18.3 Å². The Morgan fingerprint density at radius 3 is 2.93 bits per heavy atom. The summed E-state index contributed by atoms with van der Waals surface area (Å²) >= 11 is 1.37. The molecule has 3 heterocycles. The third-order valence-electron chi connectivity index (χ3n) is 4.39. The summed E-state index contributed by atoms with van der Waals surface area (Å²) in [5.41, 5.74) is 0.823. The van der Waals surface area contributed by atoms with Crippen LogP contribution in [0, 0.1) is 0 Å². The van der Waals surface area contributed by atoms with Gasteiger partial charge in [0.2, 0.25) is 5.91 Å². The number of aromatic nitrogens is 1. The number of amides is 2. The Morgan fingerprint density at radius 2 is 2.22 bits per heavy atom. The van der Waals surface area contributed by atoms with Crippen molar-refractivity contribution in [1.82, 2.24) is 14.8 Å². The molecule has 7 nitrogen and oxygen atoms in total. The van der Waals surface area contributed by atoms with Crippen LogP contribution in [0.5, 0.6) is 0 Å². The SMILES string of the molecule is CC(C)OCC(=O)N1CCO[C@@H](c2c(C(=O)N(C)C)sc3ncccc23)C1. The molecule has 27 heavy (non-hydrogen) atoms. The van der Waals surface area contributed by atoms with Crippen LogP contribution in [-0.4, -0.2) is 73.1 Å². The number of rotatable bonds is 5. The Balaban J connectivity index is 1.90. The molecule has 1 aliphatic rings. The van der Waals surface area contributed by atoms with E-state index in [-0.39, 0.29) is 30.6 Å². The molecule has 1 fully saturated rings. The smallest absolute Gasteiger partial charge is 0.263 e. The van der Waals surface area contributed by atoms with Crippen molar-refractivity contribution in [3.8, 4) is 0 Å². The Morgan fingerprint density at radius 1 is 1.44 bits per heavy atom. The predicted molar refractivity (Wildman–Crippen MR) is 104 cm³/mol. The highest BCUT2D eigenvalue weighted by molar-refractivity contribution is 7.20. The number of ether oxygens (including phenoxy) is 2. The van der Waals surface area contributed by atoms with E-state index in [0.717, 1.165) is 15.8 Å². The number of carbonyl (C=O) groups is 2. The van der Waals surface area contributed by atoms with Gasteiger partial charge >= 0.3 is 0 Å². The summed E-state index contributed by atoms with van der Waals surface area (Å²) in [5.74, 6) is -0.140. The molecule has 0 N–H and O–H groups in total. The van der Waals surface area contributed by atoms with E-state index in [0.29, 0.717) is 24.6 Å². The van der Waals surface area contributed by atoms with Gasteiger partial charge in [0, 0.05) is 37.8 Å². The van der Waals surface area contributed by atoms with Gasteiger partial charge in [0.05, 0.1) is 19.3 Å². The number of morpholine rings is 1. The third kappa shape index (κ3) is 4.28. The van der Waals surface area contributed by atoms with Crippen molar-refractivity contribution in [1.29, 1.82) is 0 Å². The average molecular weight is 391 g/mol. The molecule has 2 aromatic heterocycles. The normalized spacial score (nSPS) is 17.5. The number of hydrogen-bond acceptors (Lipinski definition) is 6. The highest BCUT2D eigenvalue weighted by Crippen LogP contribution is 2.37. The number of pyridine rings is 1. The predicted octanol–water partition coefficient (Wildman–Crippen LogP) is 2.32. The fourth-order valence-corrected chi connectivity index (χ4v) is 4.23. The lowest BCUT2D eigenvalue weighted by atomic mass is 10.0. The lowest BCUT2D eigenvalue weighted by Gasteiger charge is -2.33. The highest BCUT2D eigenvalue weighted by Gasteiger charge is 2.32. The van der Waals surface area contributed by atoms with Crippen molar-refractivity contribution in [2.24, 2.45) is 0 Å². The Kier molecular flexibility index (Phi) is 6.08. The van der Waals surface area contributed by atoms with Crippen LogP contribution >= 0.6 is 11.3 Å². The third-order valence-corrected chi connectivity index (χ3v) is 5.50. The topological polar surface area (TPSA) is 72.0 Å². The van der Waals surface area contributed by atoms with E-state index < -0.39 is 0 Å². The van der Waals surface area contributed by atoms with E-state index >= 15 is 0 Å². The molecular weight excluding hydrogens is 366 g/mol. The molecule has 1 aliphatic heterocycles. The van der Waals surface area contributed by atoms with Gasteiger partial charge in [-0.1, -0.05) is 6.07 Å². The second kappa shape index (κ2) is 8.33. The number of nitrogens with zero attached hydrogens (tertiary/aromatic N) is 3. The molecular formula is C19H25N3O4S. The van der Waals surface area contributed by atoms with Crippen molar-refractivity contribution < 1.29 is 19.1 Å². The molecule has 0 aliphatic carbocycles. The summed E-state index contributed by atoms with van der Waals surface area (Å²) in [6, 6.07) is 3.80. The van der Waals surface area contributed by atoms with Gasteiger partial charge in [-0.15, -0.1) is 11.3 Å². The van der Waals surface area contributed by atoms with Gasteiger partial charge in [-0.25, -0.2) is 4.98 Å². The molecule has 0 saturated carbocycles. The summed E-state index contributed by atoms with van der Waals surface area (Å²) in [4.78, 5) is 34.3. The van der Waals surface area contributed by atoms with Gasteiger partial charge < -0.3 is 19.3 Å². The van der Waals surface area contributed by atoms with Crippen molar-refractivity contribution >= 4 is 33.4 Å². The van der Waals surface area contributed by atoms with Crippen LogP contribution in [-0.2, 0) is 14.3 Å². The Labute approximate surface area is 162 Å².